The number of nitro benzene ring substituents is 3. The summed E-state index contributed by atoms with van der Waals surface area (Å²) in [5, 5.41) is 40.2. The SMILES string of the molecule is COc1ccc(CS[C@H]2C[C@@H](C(=O)N3CC(NC(=O)CCN=C(NC(=O)OCc4ccc([N+](=O)[O-])cc4)NC(=O)OCc4ccc([N+](=O)[O-])cc4)C3)N(C(=O)OCc3ccc([N+](=O)[O-])cc3)C2)cc1. The van der Waals surface area contributed by atoms with Gasteiger partial charge >= 0.3 is 18.3 Å². The first-order valence-electron chi connectivity index (χ1n) is 21.0. The van der Waals surface area contributed by atoms with Gasteiger partial charge in [-0.2, -0.15) is 11.8 Å². The summed E-state index contributed by atoms with van der Waals surface area (Å²) in [7, 11) is 1.58. The van der Waals surface area contributed by atoms with Crippen LogP contribution >= 0.6 is 11.8 Å². The summed E-state index contributed by atoms with van der Waals surface area (Å²) in [5.74, 6) is 0.0821. The predicted molar refractivity (Wildman–Crippen MR) is 245 cm³/mol. The Morgan fingerprint density at radius 3 is 1.59 bits per heavy atom. The lowest BCUT2D eigenvalue weighted by Gasteiger charge is -2.41. The number of guanidine groups is 1. The Kier molecular flexibility index (Phi) is 17.3. The monoisotopic (exact) mass is 971 g/mol. The molecule has 0 aliphatic carbocycles. The summed E-state index contributed by atoms with van der Waals surface area (Å²) < 4.78 is 21.1. The van der Waals surface area contributed by atoms with Crippen molar-refractivity contribution >= 4 is 64.9 Å². The van der Waals surface area contributed by atoms with Crippen LogP contribution in [0.1, 0.15) is 35.1 Å². The van der Waals surface area contributed by atoms with E-state index in [2.05, 4.69) is 20.9 Å². The molecule has 2 heterocycles. The number of nitrogens with zero attached hydrogens (tertiary/aromatic N) is 6. The maximum atomic E-state index is 13.9. The second kappa shape index (κ2) is 23.9. The van der Waals surface area contributed by atoms with Gasteiger partial charge in [-0.15, -0.1) is 0 Å². The number of benzene rings is 4. The molecular weight excluding hydrogens is 927 g/mol. The summed E-state index contributed by atoms with van der Waals surface area (Å²) in [4.78, 5) is 104. The maximum Gasteiger partial charge on any atom is 0.414 e. The molecule has 2 atom stereocenters. The van der Waals surface area contributed by atoms with Crippen molar-refractivity contribution < 1.29 is 57.7 Å². The molecule has 0 bridgehead atoms. The average Bonchev–Trinajstić information content (AvgIpc) is 3.77. The molecule has 0 aromatic heterocycles. The van der Waals surface area contributed by atoms with Crippen molar-refractivity contribution in [1.29, 1.82) is 0 Å². The van der Waals surface area contributed by atoms with Crippen molar-refractivity contribution in [2.75, 3.05) is 33.3 Å². The number of alkyl carbamates (subject to hydrolysis) is 2. The Morgan fingerprint density at radius 2 is 1.13 bits per heavy atom. The number of aliphatic imine (C=N–C) groups is 1. The number of nitro groups is 3. The molecule has 2 saturated heterocycles. The Morgan fingerprint density at radius 1 is 0.667 bits per heavy atom. The normalized spacial score (nSPS) is 15.1. The number of non-ortho nitro benzene ring substituents is 3. The minimum absolute atomic E-state index is 0.112. The number of hydrogen-bond acceptors (Lipinski definition) is 17. The number of rotatable bonds is 18. The lowest BCUT2D eigenvalue weighted by Crippen LogP contribution is -2.64. The molecule has 25 heteroatoms. The second-order valence-electron chi connectivity index (χ2n) is 15.4. The average molecular weight is 972 g/mol. The van der Waals surface area contributed by atoms with Crippen LogP contribution in [0.2, 0.25) is 0 Å². The minimum atomic E-state index is -1.08. The van der Waals surface area contributed by atoms with Gasteiger partial charge in [0, 0.05) is 73.5 Å². The molecule has 4 aromatic rings. The smallest absolute Gasteiger partial charge is 0.414 e. The Hall–Kier alpha value is -8.35. The molecule has 0 unspecified atom stereocenters. The lowest BCUT2D eigenvalue weighted by molar-refractivity contribution is -0.385. The van der Waals surface area contributed by atoms with E-state index in [1.165, 1.54) is 82.6 Å². The lowest BCUT2D eigenvalue weighted by atomic mass is 10.1. The summed E-state index contributed by atoms with van der Waals surface area (Å²) in [6, 6.07) is 22.3. The highest BCUT2D eigenvalue weighted by molar-refractivity contribution is 7.99. The molecule has 2 aliphatic heterocycles. The second-order valence-corrected chi connectivity index (χ2v) is 16.7. The number of thioether (sulfide) groups is 1. The molecule has 69 heavy (non-hydrogen) atoms. The van der Waals surface area contributed by atoms with Crippen LogP contribution in [0.4, 0.5) is 31.4 Å². The fraction of sp³-hybridized carbons (Fsp3) is 0.318. The summed E-state index contributed by atoms with van der Waals surface area (Å²) in [6.45, 7) is -0.507. The Bertz CT molecular complexity index is 2460. The molecule has 0 spiro atoms. The quantitative estimate of drug-likeness (QED) is 0.0372. The van der Waals surface area contributed by atoms with Gasteiger partial charge in [0.05, 0.1) is 34.5 Å². The molecule has 0 radical (unpaired) electrons. The molecule has 24 nitrogen and oxygen atoms in total. The van der Waals surface area contributed by atoms with Crippen molar-refractivity contribution in [3.63, 3.8) is 0 Å². The zero-order valence-corrected chi connectivity index (χ0v) is 37.6. The molecule has 6 rings (SSSR count). The highest BCUT2D eigenvalue weighted by Gasteiger charge is 2.45. The molecule has 4 aromatic carbocycles. The summed E-state index contributed by atoms with van der Waals surface area (Å²) in [5.41, 5.74) is 1.94. The van der Waals surface area contributed by atoms with Crippen LogP contribution in [0, 0.1) is 30.3 Å². The van der Waals surface area contributed by atoms with E-state index in [4.69, 9.17) is 18.9 Å². The number of carbonyl (C=O) groups is 5. The van der Waals surface area contributed by atoms with Crippen LogP contribution in [0.5, 0.6) is 5.75 Å². The first-order chi connectivity index (χ1) is 33.1. The summed E-state index contributed by atoms with van der Waals surface area (Å²) >= 11 is 1.59. The standard InChI is InChI=1S/C44H45N9O15S/c1-65-36-16-8-31(9-17-36)27-69-37-20-38(50(23-37)44(58)68-26-30-6-14-35(15-7-30)53(63)64)40(55)49-21-32(22-49)46-39(54)18-19-45-41(47-42(56)66-24-28-2-10-33(11-3-28)51(59)60)48-43(57)67-25-29-4-12-34(13-5-29)52(61)62/h2-17,32,37-38H,18-27H2,1H3,(H,46,54)(H2,45,47,48,56,57)/t37-,38-/m0/s1. The van der Waals surface area contributed by atoms with E-state index in [9.17, 15) is 54.3 Å². The topological polar surface area (TPSA) is 307 Å². The van der Waals surface area contributed by atoms with E-state index in [0.29, 0.717) is 34.6 Å². The molecule has 5 amide bonds. The fourth-order valence-corrected chi connectivity index (χ4v) is 8.07. The van der Waals surface area contributed by atoms with Crippen molar-refractivity contribution in [2.24, 2.45) is 4.99 Å². The van der Waals surface area contributed by atoms with Gasteiger partial charge in [-0.25, -0.2) is 14.4 Å². The zero-order valence-electron chi connectivity index (χ0n) is 36.8. The van der Waals surface area contributed by atoms with Crippen LogP contribution in [0.3, 0.4) is 0 Å². The Labute approximate surface area is 396 Å². The van der Waals surface area contributed by atoms with Gasteiger partial charge in [0.2, 0.25) is 17.8 Å². The number of methoxy groups -OCH3 is 1. The first kappa shape index (κ1) is 50.1. The van der Waals surface area contributed by atoms with Crippen LogP contribution < -0.4 is 20.7 Å². The highest BCUT2D eigenvalue weighted by atomic mass is 32.2. The third kappa shape index (κ3) is 14.8. The highest BCUT2D eigenvalue weighted by Crippen LogP contribution is 2.33. The summed E-state index contributed by atoms with van der Waals surface area (Å²) in [6.07, 6.45) is -2.75. The molecule has 362 valence electrons. The van der Waals surface area contributed by atoms with E-state index in [1.54, 1.807) is 18.9 Å². The third-order valence-corrected chi connectivity index (χ3v) is 11.9. The largest absolute Gasteiger partial charge is 0.497 e. The van der Waals surface area contributed by atoms with Gasteiger partial charge < -0.3 is 29.2 Å². The molecular formula is C44H45N9O15S. The number of amides is 5. The number of hydrogen-bond donors (Lipinski definition) is 3. The fourth-order valence-electron chi connectivity index (χ4n) is 6.86. The van der Waals surface area contributed by atoms with E-state index in [-0.39, 0.29) is 80.6 Å². The van der Waals surface area contributed by atoms with Crippen LogP contribution in [-0.4, -0.2) is 111 Å². The minimum Gasteiger partial charge on any atom is -0.497 e. The first-order valence-corrected chi connectivity index (χ1v) is 22.1. The van der Waals surface area contributed by atoms with Gasteiger partial charge in [-0.3, -0.25) is 60.5 Å². The molecule has 3 N–H and O–H groups in total. The van der Waals surface area contributed by atoms with Crippen molar-refractivity contribution in [3.05, 3.63) is 150 Å². The van der Waals surface area contributed by atoms with Gasteiger partial charge in [-0.05, 0) is 77.2 Å². The number of likely N-dealkylation sites (tertiary alicyclic amines) is 2. The van der Waals surface area contributed by atoms with Crippen molar-refractivity contribution in [3.8, 4) is 5.75 Å². The van der Waals surface area contributed by atoms with E-state index in [0.717, 1.165) is 5.56 Å². The number of carbonyl (C=O) groups excluding carboxylic acids is 5. The van der Waals surface area contributed by atoms with Gasteiger partial charge in [-0.1, -0.05) is 12.1 Å². The van der Waals surface area contributed by atoms with Crippen molar-refractivity contribution in [1.82, 2.24) is 25.8 Å². The number of nitrogens with one attached hydrogen (secondary N) is 3. The van der Waals surface area contributed by atoms with E-state index in [1.807, 2.05) is 24.3 Å². The zero-order chi connectivity index (χ0) is 49.5. The molecule has 2 fully saturated rings. The van der Waals surface area contributed by atoms with Crippen LogP contribution in [0.15, 0.2) is 102 Å². The van der Waals surface area contributed by atoms with Crippen molar-refractivity contribution in [2.45, 2.75) is 55.7 Å². The van der Waals surface area contributed by atoms with Crippen LogP contribution in [0.25, 0.3) is 0 Å². The molecule has 2 aliphatic rings. The van der Waals surface area contributed by atoms with Gasteiger partial charge in [0.15, 0.2) is 0 Å². The van der Waals surface area contributed by atoms with Gasteiger partial charge in [0.1, 0.15) is 31.6 Å². The number of ether oxygens (including phenoxy) is 4. The van der Waals surface area contributed by atoms with E-state index < -0.39 is 57.0 Å². The van der Waals surface area contributed by atoms with Gasteiger partial charge in [0.25, 0.3) is 17.1 Å². The van der Waals surface area contributed by atoms with Crippen LogP contribution in [-0.2, 0) is 49.4 Å². The predicted octanol–water partition coefficient (Wildman–Crippen LogP) is 5.36. The maximum absolute atomic E-state index is 13.9. The van der Waals surface area contributed by atoms with E-state index >= 15 is 0 Å². The third-order valence-electron chi connectivity index (χ3n) is 10.6. The Balaban J connectivity index is 1.01. The molecule has 0 saturated carbocycles.